The fraction of sp³-hybridized carbons (Fsp3) is 0.579. The van der Waals surface area contributed by atoms with E-state index in [1.165, 1.54) is 6.42 Å². The molecule has 5 N–H and O–H groups in total. The third kappa shape index (κ3) is 5.35. The maximum absolute atomic E-state index is 12.3. The third-order valence-corrected chi connectivity index (χ3v) is 5.39. The Labute approximate surface area is 161 Å². The standard InChI is InChI=1S/C19H28N4O2.ClH/c1-12-4-2-7-16(8-12)22-19(25)21-11-17(24)23-18-13-5-3-6-14(18)10-15(20)9-13;/h2,4,7-8,13-15,18H,3,5-6,9-11,20H2,1H3,(H,23,24)(H2,21,22,25);1H. The fourth-order valence-corrected chi connectivity index (χ4v) is 4.32. The molecule has 26 heavy (non-hydrogen) atoms. The zero-order valence-corrected chi connectivity index (χ0v) is 16.0. The van der Waals surface area contributed by atoms with Gasteiger partial charge in [0.15, 0.2) is 0 Å². The van der Waals surface area contributed by atoms with E-state index >= 15 is 0 Å². The van der Waals surface area contributed by atoms with Crippen LogP contribution in [0.15, 0.2) is 24.3 Å². The molecule has 2 unspecified atom stereocenters. The van der Waals surface area contributed by atoms with Gasteiger partial charge in [-0.05, 0) is 62.1 Å². The van der Waals surface area contributed by atoms with Crippen LogP contribution in [0.4, 0.5) is 10.5 Å². The minimum absolute atomic E-state index is 0. The number of carbonyl (C=O) groups is 2. The van der Waals surface area contributed by atoms with Crippen molar-refractivity contribution in [2.24, 2.45) is 17.6 Å². The summed E-state index contributed by atoms with van der Waals surface area (Å²) in [5.41, 5.74) is 7.91. The van der Waals surface area contributed by atoms with E-state index in [9.17, 15) is 9.59 Å². The summed E-state index contributed by atoms with van der Waals surface area (Å²) in [5.74, 6) is 0.830. The number of fused-ring (bicyclic) bond motifs is 2. The Morgan fingerprint density at radius 1 is 1.19 bits per heavy atom. The average Bonchev–Trinajstić information content (AvgIpc) is 2.54. The monoisotopic (exact) mass is 380 g/mol. The van der Waals surface area contributed by atoms with Gasteiger partial charge >= 0.3 is 6.03 Å². The average molecular weight is 381 g/mol. The van der Waals surface area contributed by atoms with E-state index in [2.05, 4.69) is 16.0 Å². The van der Waals surface area contributed by atoms with Gasteiger partial charge in [-0.25, -0.2) is 4.79 Å². The van der Waals surface area contributed by atoms with Crippen molar-refractivity contribution in [2.45, 2.75) is 51.1 Å². The van der Waals surface area contributed by atoms with E-state index in [-0.39, 0.29) is 43.0 Å². The van der Waals surface area contributed by atoms with E-state index in [4.69, 9.17) is 5.73 Å². The first kappa shape index (κ1) is 20.5. The number of aryl methyl sites for hydroxylation is 1. The van der Waals surface area contributed by atoms with Gasteiger partial charge in [0.05, 0.1) is 6.54 Å². The summed E-state index contributed by atoms with van der Waals surface area (Å²) in [7, 11) is 0. The van der Waals surface area contributed by atoms with Crippen LogP contribution in [0.2, 0.25) is 0 Å². The molecule has 7 heteroatoms. The maximum Gasteiger partial charge on any atom is 0.319 e. The van der Waals surface area contributed by atoms with Crippen molar-refractivity contribution >= 4 is 30.0 Å². The number of rotatable bonds is 4. The molecule has 0 aliphatic heterocycles. The van der Waals surface area contributed by atoms with Crippen LogP contribution in [0, 0.1) is 18.8 Å². The highest BCUT2D eigenvalue weighted by atomic mass is 35.5. The van der Waals surface area contributed by atoms with Crippen molar-refractivity contribution in [1.29, 1.82) is 0 Å². The Morgan fingerprint density at radius 2 is 1.88 bits per heavy atom. The van der Waals surface area contributed by atoms with Crippen LogP contribution in [-0.4, -0.2) is 30.6 Å². The number of nitrogens with one attached hydrogen (secondary N) is 3. The predicted molar refractivity (Wildman–Crippen MR) is 105 cm³/mol. The Bertz CT molecular complexity index is 626. The number of amides is 3. The molecule has 1 aromatic carbocycles. The van der Waals surface area contributed by atoms with Gasteiger partial charge in [-0.1, -0.05) is 18.6 Å². The zero-order valence-electron chi connectivity index (χ0n) is 15.2. The summed E-state index contributed by atoms with van der Waals surface area (Å²) in [6, 6.07) is 7.65. The lowest BCUT2D eigenvalue weighted by Gasteiger charge is -2.45. The minimum Gasteiger partial charge on any atom is -0.351 e. The smallest absolute Gasteiger partial charge is 0.319 e. The summed E-state index contributed by atoms with van der Waals surface area (Å²) < 4.78 is 0. The number of carbonyl (C=O) groups excluding carboxylic acids is 2. The van der Waals surface area contributed by atoms with Crippen LogP contribution in [0.25, 0.3) is 0 Å². The first-order valence-corrected chi connectivity index (χ1v) is 9.17. The zero-order chi connectivity index (χ0) is 17.8. The quantitative estimate of drug-likeness (QED) is 0.646. The van der Waals surface area contributed by atoms with Crippen LogP contribution >= 0.6 is 12.4 Å². The molecule has 3 rings (SSSR count). The van der Waals surface area contributed by atoms with E-state index in [0.717, 1.165) is 31.2 Å². The van der Waals surface area contributed by atoms with Crippen LogP contribution in [0.5, 0.6) is 0 Å². The molecule has 0 aromatic heterocycles. The second kappa shape index (κ2) is 9.24. The Hall–Kier alpha value is -1.79. The number of hydrogen-bond acceptors (Lipinski definition) is 3. The lowest BCUT2D eigenvalue weighted by atomic mass is 9.67. The summed E-state index contributed by atoms with van der Waals surface area (Å²) in [5, 5.41) is 8.50. The summed E-state index contributed by atoms with van der Waals surface area (Å²) in [4.78, 5) is 24.2. The highest BCUT2D eigenvalue weighted by Gasteiger charge is 2.39. The molecule has 2 saturated carbocycles. The molecule has 2 aliphatic carbocycles. The molecule has 2 bridgehead atoms. The minimum atomic E-state index is -0.369. The second-order valence-corrected chi connectivity index (χ2v) is 7.45. The predicted octanol–water partition coefficient (Wildman–Crippen LogP) is 2.56. The van der Waals surface area contributed by atoms with Crippen LogP contribution in [-0.2, 0) is 4.79 Å². The highest BCUT2D eigenvalue weighted by molar-refractivity contribution is 5.92. The van der Waals surface area contributed by atoms with Gasteiger partial charge in [-0.3, -0.25) is 4.79 Å². The van der Waals surface area contributed by atoms with Gasteiger partial charge in [0.25, 0.3) is 0 Å². The Kier molecular flexibility index (Phi) is 7.29. The van der Waals surface area contributed by atoms with Crippen molar-refractivity contribution in [3.05, 3.63) is 29.8 Å². The molecule has 2 fully saturated rings. The number of nitrogens with two attached hydrogens (primary N) is 1. The van der Waals surface area contributed by atoms with Gasteiger partial charge in [-0.2, -0.15) is 0 Å². The van der Waals surface area contributed by atoms with Gasteiger partial charge in [0.2, 0.25) is 5.91 Å². The summed E-state index contributed by atoms with van der Waals surface area (Å²) in [6.07, 6.45) is 5.48. The lowest BCUT2D eigenvalue weighted by Crippen LogP contribution is -2.55. The molecule has 2 atom stereocenters. The van der Waals surface area contributed by atoms with Crippen molar-refractivity contribution < 1.29 is 9.59 Å². The maximum atomic E-state index is 12.3. The molecular weight excluding hydrogens is 352 g/mol. The number of benzene rings is 1. The van der Waals surface area contributed by atoms with Crippen molar-refractivity contribution in [1.82, 2.24) is 10.6 Å². The Morgan fingerprint density at radius 3 is 2.54 bits per heavy atom. The first-order chi connectivity index (χ1) is 12.0. The molecule has 1 aromatic rings. The molecule has 0 heterocycles. The third-order valence-electron chi connectivity index (χ3n) is 5.39. The normalized spacial score (nSPS) is 27.0. The molecule has 2 aliphatic rings. The molecule has 0 saturated heterocycles. The fourth-order valence-electron chi connectivity index (χ4n) is 4.32. The van der Waals surface area contributed by atoms with Gasteiger partial charge in [-0.15, -0.1) is 12.4 Å². The molecule has 144 valence electrons. The van der Waals surface area contributed by atoms with E-state index in [0.29, 0.717) is 17.5 Å². The summed E-state index contributed by atoms with van der Waals surface area (Å²) >= 11 is 0. The largest absolute Gasteiger partial charge is 0.351 e. The molecule has 0 radical (unpaired) electrons. The lowest BCUT2D eigenvalue weighted by molar-refractivity contribution is -0.122. The van der Waals surface area contributed by atoms with Gasteiger partial charge < -0.3 is 21.7 Å². The van der Waals surface area contributed by atoms with Crippen molar-refractivity contribution in [3.8, 4) is 0 Å². The first-order valence-electron chi connectivity index (χ1n) is 9.17. The number of halogens is 1. The SMILES string of the molecule is Cc1cccc(NC(=O)NCC(=O)NC2C3CCCC2CC(N)C3)c1.Cl. The van der Waals surface area contributed by atoms with Crippen LogP contribution in [0.1, 0.15) is 37.7 Å². The second-order valence-electron chi connectivity index (χ2n) is 7.45. The van der Waals surface area contributed by atoms with Crippen molar-refractivity contribution in [2.75, 3.05) is 11.9 Å². The number of anilines is 1. The Balaban J connectivity index is 0.00000243. The molecule has 3 amide bonds. The van der Waals surface area contributed by atoms with Gasteiger partial charge in [0.1, 0.15) is 0 Å². The molecule has 0 spiro atoms. The van der Waals surface area contributed by atoms with Gasteiger partial charge in [0, 0.05) is 17.8 Å². The summed E-state index contributed by atoms with van der Waals surface area (Å²) in [6.45, 7) is 1.95. The van der Waals surface area contributed by atoms with E-state index < -0.39 is 0 Å². The molecular formula is C19H29ClN4O2. The number of hydrogen-bond donors (Lipinski definition) is 4. The highest BCUT2D eigenvalue weighted by Crippen LogP contribution is 2.39. The van der Waals surface area contributed by atoms with Crippen molar-refractivity contribution in [3.63, 3.8) is 0 Å². The topological polar surface area (TPSA) is 96.2 Å². The van der Waals surface area contributed by atoms with E-state index in [1.807, 2.05) is 31.2 Å². The van der Waals surface area contributed by atoms with Crippen LogP contribution < -0.4 is 21.7 Å². The van der Waals surface area contributed by atoms with E-state index in [1.54, 1.807) is 0 Å². The molecule has 6 nitrogen and oxygen atoms in total. The number of urea groups is 1. The van der Waals surface area contributed by atoms with Crippen LogP contribution in [0.3, 0.4) is 0 Å².